The first-order chi connectivity index (χ1) is 7.50. The van der Waals surface area contributed by atoms with Gasteiger partial charge in [-0.2, -0.15) is 0 Å². The lowest BCUT2D eigenvalue weighted by Gasteiger charge is -2.10. The Balaban J connectivity index is 2.46. The molecule has 0 saturated carbocycles. The number of rotatable bonds is 4. The Hall–Kier alpha value is -1.23. The Morgan fingerprint density at radius 1 is 1.50 bits per heavy atom. The van der Waals surface area contributed by atoms with E-state index >= 15 is 0 Å². The van der Waals surface area contributed by atoms with Crippen LogP contribution < -0.4 is 5.73 Å². The standard InChI is InChI=1S/C11H15FN2OS/c1-14(2)11(15)5-6-16-10-4-3-8(12)7-9(10)13/h3-4,7H,5-6,13H2,1-2H3. The number of thioether (sulfide) groups is 1. The summed E-state index contributed by atoms with van der Waals surface area (Å²) in [5, 5.41) is 0. The molecule has 0 saturated heterocycles. The van der Waals surface area contributed by atoms with Crippen LogP contribution in [0, 0.1) is 5.82 Å². The molecule has 0 aliphatic rings. The topological polar surface area (TPSA) is 46.3 Å². The normalized spacial score (nSPS) is 10.2. The average Bonchev–Trinajstić information content (AvgIpc) is 2.20. The largest absolute Gasteiger partial charge is 0.398 e. The van der Waals surface area contributed by atoms with Gasteiger partial charge in [-0.15, -0.1) is 11.8 Å². The molecule has 0 bridgehead atoms. The van der Waals surface area contributed by atoms with Crippen LogP contribution >= 0.6 is 11.8 Å². The van der Waals surface area contributed by atoms with Crippen molar-refractivity contribution in [3.8, 4) is 0 Å². The minimum atomic E-state index is -0.341. The first kappa shape index (κ1) is 12.8. The number of hydrogen-bond donors (Lipinski definition) is 1. The quantitative estimate of drug-likeness (QED) is 0.648. The summed E-state index contributed by atoms with van der Waals surface area (Å²) in [7, 11) is 3.44. The molecule has 3 nitrogen and oxygen atoms in total. The van der Waals surface area contributed by atoms with Crippen LogP contribution in [0.25, 0.3) is 0 Å². The lowest BCUT2D eigenvalue weighted by Crippen LogP contribution is -2.21. The zero-order valence-electron chi connectivity index (χ0n) is 9.37. The molecule has 0 aliphatic carbocycles. The molecule has 88 valence electrons. The number of nitrogens with zero attached hydrogens (tertiary/aromatic N) is 1. The molecule has 0 spiro atoms. The van der Waals surface area contributed by atoms with Crippen molar-refractivity contribution in [2.45, 2.75) is 11.3 Å². The van der Waals surface area contributed by atoms with Gasteiger partial charge in [0, 0.05) is 36.9 Å². The van der Waals surface area contributed by atoms with Crippen LogP contribution in [0.4, 0.5) is 10.1 Å². The number of hydrogen-bond acceptors (Lipinski definition) is 3. The molecule has 1 aromatic rings. The number of nitrogen functional groups attached to an aromatic ring is 1. The van der Waals surface area contributed by atoms with E-state index in [9.17, 15) is 9.18 Å². The number of anilines is 1. The molecular formula is C11H15FN2OS. The fraction of sp³-hybridized carbons (Fsp3) is 0.364. The molecule has 5 heteroatoms. The minimum absolute atomic E-state index is 0.0770. The monoisotopic (exact) mass is 242 g/mol. The summed E-state index contributed by atoms with van der Waals surface area (Å²) in [5.74, 6) is 0.381. The van der Waals surface area contributed by atoms with Crippen molar-refractivity contribution in [2.75, 3.05) is 25.6 Å². The van der Waals surface area contributed by atoms with Gasteiger partial charge >= 0.3 is 0 Å². The SMILES string of the molecule is CN(C)C(=O)CCSc1ccc(F)cc1N. The van der Waals surface area contributed by atoms with Crippen molar-refractivity contribution in [1.29, 1.82) is 0 Å². The molecular weight excluding hydrogens is 227 g/mol. The van der Waals surface area contributed by atoms with E-state index in [2.05, 4.69) is 0 Å². The van der Waals surface area contributed by atoms with E-state index in [1.165, 1.54) is 23.9 Å². The number of nitrogens with two attached hydrogens (primary N) is 1. The number of carbonyl (C=O) groups excluding carboxylic acids is 1. The first-order valence-corrected chi connectivity index (χ1v) is 5.87. The van der Waals surface area contributed by atoms with Gasteiger partial charge in [-0.1, -0.05) is 0 Å². The molecule has 0 atom stereocenters. The molecule has 0 fully saturated rings. The smallest absolute Gasteiger partial charge is 0.222 e. The van der Waals surface area contributed by atoms with Crippen LogP contribution in [-0.2, 0) is 4.79 Å². The highest BCUT2D eigenvalue weighted by Crippen LogP contribution is 2.26. The molecule has 0 unspecified atom stereocenters. The molecule has 1 rings (SSSR count). The Morgan fingerprint density at radius 3 is 2.75 bits per heavy atom. The van der Waals surface area contributed by atoms with E-state index in [4.69, 9.17) is 5.73 Å². The van der Waals surface area contributed by atoms with E-state index in [0.29, 0.717) is 17.9 Å². The predicted molar refractivity (Wildman–Crippen MR) is 64.8 cm³/mol. The van der Waals surface area contributed by atoms with Gasteiger partial charge in [0.05, 0.1) is 0 Å². The van der Waals surface area contributed by atoms with Crippen molar-refractivity contribution in [3.63, 3.8) is 0 Å². The van der Waals surface area contributed by atoms with Gasteiger partial charge in [-0.05, 0) is 18.2 Å². The van der Waals surface area contributed by atoms with Crippen LogP contribution in [0.2, 0.25) is 0 Å². The number of carbonyl (C=O) groups is 1. The summed E-state index contributed by atoms with van der Waals surface area (Å²) in [6, 6.07) is 4.29. The molecule has 0 heterocycles. The summed E-state index contributed by atoms with van der Waals surface area (Å²) >= 11 is 1.46. The summed E-state index contributed by atoms with van der Waals surface area (Å²) in [5.41, 5.74) is 6.06. The molecule has 0 radical (unpaired) electrons. The molecule has 16 heavy (non-hydrogen) atoms. The second-order valence-electron chi connectivity index (χ2n) is 3.57. The maximum absolute atomic E-state index is 12.8. The molecule has 0 aliphatic heterocycles. The van der Waals surface area contributed by atoms with Gasteiger partial charge in [0.15, 0.2) is 0 Å². The molecule has 1 amide bonds. The van der Waals surface area contributed by atoms with Gasteiger partial charge in [0.2, 0.25) is 5.91 Å². The minimum Gasteiger partial charge on any atom is -0.398 e. The van der Waals surface area contributed by atoms with E-state index in [0.717, 1.165) is 4.90 Å². The lowest BCUT2D eigenvalue weighted by molar-refractivity contribution is -0.128. The van der Waals surface area contributed by atoms with Crippen molar-refractivity contribution >= 4 is 23.4 Å². The van der Waals surface area contributed by atoms with E-state index in [1.54, 1.807) is 25.1 Å². The third kappa shape index (κ3) is 3.73. The van der Waals surface area contributed by atoms with Gasteiger partial charge in [0.1, 0.15) is 5.82 Å². The fourth-order valence-corrected chi connectivity index (χ4v) is 2.01. The zero-order valence-corrected chi connectivity index (χ0v) is 10.2. The van der Waals surface area contributed by atoms with Crippen LogP contribution in [0.15, 0.2) is 23.1 Å². The summed E-state index contributed by atoms with van der Waals surface area (Å²) < 4.78 is 12.8. The average molecular weight is 242 g/mol. The maximum Gasteiger partial charge on any atom is 0.222 e. The highest BCUT2D eigenvalue weighted by atomic mass is 32.2. The summed E-state index contributed by atoms with van der Waals surface area (Å²) in [4.78, 5) is 13.7. The third-order valence-electron chi connectivity index (χ3n) is 2.04. The number of benzene rings is 1. The summed E-state index contributed by atoms with van der Waals surface area (Å²) in [6.45, 7) is 0. The van der Waals surface area contributed by atoms with Gasteiger partial charge in [-0.25, -0.2) is 4.39 Å². The Kier molecular flexibility index (Phi) is 4.61. The van der Waals surface area contributed by atoms with Gasteiger partial charge < -0.3 is 10.6 Å². The van der Waals surface area contributed by atoms with Crippen molar-refractivity contribution in [2.24, 2.45) is 0 Å². The van der Waals surface area contributed by atoms with Crippen LogP contribution in [0.5, 0.6) is 0 Å². The highest BCUT2D eigenvalue weighted by Gasteiger charge is 2.06. The fourth-order valence-electron chi connectivity index (χ4n) is 1.12. The lowest BCUT2D eigenvalue weighted by atomic mass is 10.3. The van der Waals surface area contributed by atoms with Gasteiger partial charge in [-0.3, -0.25) is 4.79 Å². The number of halogens is 1. The molecule has 0 aromatic heterocycles. The highest BCUT2D eigenvalue weighted by molar-refractivity contribution is 7.99. The zero-order chi connectivity index (χ0) is 12.1. The number of amides is 1. The Labute approximate surface area is 98.8 Å². The van der Waals surface area contributed by atoms with E-state index in [1.807, 2.05) is 0 Å². The van der Waals surface area contributed by atoms with Gasteiger partial charge in [0.25, 0.3) is 0 Å². The van der Waals surface area contributed by atoms with Crippen LogP contribution in [0.1, 0.15) is 6.42 Å². The second kappa shape index (κ2) is 5.75. The van der Waals surface area contributed by atoms with Crippen molar-refractivity contribution < 1.29 is 9.18 Å². The van der Waals surface area contributed by atoms with Crippen molar-refractivity contribution in [1.82, 2.24) is 4.90 Å². The second-order valence-corrected chi connectivity index (χ2v) is 4.71. The first-order valence-electron chi connectivity index (χ1n) is 4.88. The van der Waals surface area contributed by atoms with Crippen LogP contribution in [0.3, 0.4) is 0 Å². The van der Waals surface area contributed by atoms with Crippen molar-refractivity contribution in [3.05, 3.63) is 24.0 Å². The molecule has 1 aromatic carbocycles. The predicted octanol–water partition coefficient (Wildman–Crippen LogP) is 1.98. The summed E-state index contributed by atoms with van der Waals surface area (Å²) in [6.07, 6.45) is 0.453. The molecule has 2 N–H and O–H groups in total. The third-order valence-corrected chi connectivity index (χ3v) is 3.14. The maximum atomic E-state index is 12.8. The Bertz CT molecular complexity index is 382. The Morgan fingerprint density at radius 2 is 2.19 bits per heavy atom. The van der Waals surface area contributed by atoms with E-state index < -0.39 is 0 Å². The van der Waals surface area contributed by atoms with E-state index in [-0.39, 0.29) is 11.7 Å². The van der Waals surface area contributed by atoms with Crippen LogP contribution in [-0.4, -0.2) is 30.7 Å².